The Morgan fingerprint density at radius 2 is 2.03 bits per heavy atom. The number of nitrogens with zero attached hydrogens (tertiary/aromatic N) is 2. The topological polar surface area (TPSA) is 42.4 Å². The maximum Gasteiger partial charge on any atom is 0.257 e. The van der Waals surface area contributed by atoms with E-state index in [4.69, 9.17) is 4.74 Å². The summed E-state index contributed by atoms with van der Waals surface area (Å²) in [5.74, 6) is -0.121. The zero-order valence-corrected chi connectivity index (χ0v) is 17.3. The molecule has 0 saturated heterocycles. The molecule has 3 aromatic rings. The Morgan fingerprint density at radius 1 is 1.24 bits per heavy atom. The molecule has 0 spiro atoms. The summed E-state index contributed by atoms with van der Waals surface area (Å²) in [5.41, 5.74) is 3.17. The monoisotopic (exact) mass is 410 g/mol. The Hall–Kier alpha value is -2.99. The highest BCUT2D eigenvalue weighted by Crippen LogP contribution is 2.20. The average molecular weight is 411 g/mol. The number of amides is 1. The van der Waals surface area contributed by atoms with Gasteiger partial charge in [0, 0.05) is 11.9 Å². The van der Waals surface area contributed by atoms with Gasteiger partial charge in [0.05, 0.1) is 17.8 Å². The van der Waals surface area contributed by atoms with E-state index in [0.717, 1.165) is 16.5 Å². The molecule has 1 amide bonds. The van der Waals surface area contributed by atoms with Crippen LogP contribution in [0.1, 0.15) is 32.2 Å². The Labute approximate surface area is 174 Å². The molecule has 0 aliphatic heterocycles. The van der Waals surface area contributed by atoms with Crippen molar-refractivity contribution in [2.75, 3.05) is 6.54 Å². The third-order valence-corrected chi connectivity index (χ3v) is 5.40. The van der Waals surface area contributed by atoms with Gasteiger partial charge in [0.2, 0.25) is 0 Å². The van der Waals surface area contributed by atoms with Crippen LogP contribution in [0, 0.1) is 19.7 Å². The molecule has 0 saturated carbocycles. The van der Waals surface area contributed by atoms with Crippen molar-refractivity contribution >= 4 is 17.2 Å². The molecule has 0 bridgehead atoms. The largest absolute Gasteiger partial charge is 0.486 e. The molecule has 0 fully saturated rings. The molecule has 0 aliphatic rings. The number of carbonyl (C=O) groups excluding carboxylic acids is 1. The smallest absolute Gasteiger partial charge is 0.257 e. The molecule has 0 atom stereocenters. The van der Waals surface area contributed by atoms with E-state index in [0.29, 0.717) is 13.2 Å². The first kappa shape index (κ1) is 20.7. The molecule has 1 heterocycles. The molecule has 0 unspecified atom stereocenters. The number of carbonyl (C=O) groups is 1. The first-order chi connectivity index (χ1) is 14.0. The fraction of sp³-hybridized carbons (Fsp3) is 0.217. The van der Waals surface area contributed by atoms with Crippen LogP contribution in [0.3, 0.4) is 0 Å². The number of aryl methyl sites for hydroxylation is 2. The maximum absolute atomic E-state index is 14.0. The highest BCUT2D eigenvalue weighted by molar-refractivity contribution is 7.09. The third-order valence-electron chi connectivity index (χ3n) is 4.53. The lowest BCUT2D eigenvalue weighted by molar-refractivity contribution is 0.0756. The molecule has 6 heteroatoms. The van der Waals surface area contributed by atoms with Crippen LogP contribution in [0.25, 0.3) is 0 Å². The zero-order chi connectivity index (χ0) is 20.8. The van der Waals surface area contributed by atoms with Crippen molar-refractivity contribution < 1.29 is 13.9 Å². The molecule has 1 aromatic heterocycles. The summed E-state index contributed by atoms with van der Waals surface area (Å²) < 4.78 is 19.8. The van der Waals surface area contributed by atoms with Crippen molar-refractivity contribution in [1.29, 1.82) is 0 Å². The van der Waals surface area contributed by atoms with Gasteiger partial charge in [-0.25, -0.2) is 9.37 Å². The SMILES string of the molecule is C=CCN(Cc1csc(COc2ccc(C)c(C)c2)n1)C(=O)c1ccccc1F. The minimum Gasteiger partial charge on any atom is -0.486 e. The quantitative estimate of drug-likeness (QED) is 0.473. The number of benzene rings is 2. The van der Waals surface area contributed by atoms with E-state index in [-0.39, 0.29) is 18.0 Å². The van der Waals surface area contributed by atoms with Crippen molar-refractivity contribution in [3.63, 3.8) is 0 Å². The normalized spacial score (nSPS) is 10.6. The standard InChI is InChI=1S/C23H23FN2O2S/c1-4-11-26(23(27)20-7-5-6-8-21(20)24)13-18-15-29-22(25-18)14-28-19-10-9-16(2)17(3)12-19/h4-10,12,15H,1,11,13-14H2,2-3H3. The van der Waals surface area contributed by atoms with E-state index in [2.05, 4.69) is 18.5 Å². The van der Waals surface area contributed by atoms with Crippen LogP contribution in [0.15, 0.2) is 60.5 Å². The number of rotatable bonds is 8. The molecule has 0 aliphatic carbocycles. The first-order valence-electron chi connectivity index (χ1n) is 9.26. The van der Waals surface area contributed by atoms with Crippen molar-refractivity contribution in [3.05, 3.63) is 93.7 Å². The molecule has 0 radical (unpaired) electrons. The van der Waals surface area contributed by atoms with Gasteiger partial charge in [-0.1, -0.05) is 24.3 Å². The van der Waals surface area contributed by atoms with Gasteiger partial charge in [-0.15, -0.1) is 17.9 Å². The number of hydrogen-bond acceptors (Lipinski definition) is 4. The molecule has 29 heavy (non-hydrogen) atoms. The van der Waals surface area contributed by atoms with E-state index in [1.54, 1.807) is 18.2 Å². The van der Waals surface area contributed by atoms with Crippen LogP contribution in [0.5, 0.6) is 5.75 Å². The van der Waals surface area contributed by atoms with Gasteiger partial charge in [-0.05, 0) is 49.2 Å². The lowest BCUT2D eigenvalue weighted by atomic mass is 10.1. The van der Waals surface area contributed by atoms with E-state index in [9.17, 15) is 9.18 Å². The van der Waals surface area contributed by atoms with Crippen LogP contribution in [0.2, 0.25) is 0 Å². The number of aromatic nitrogens is 1. The maximum atomic E-state index is 14.0. The van der Waals surface area contributed by atoms with E-state index in [1.165, 1.54) is 39.5 Å². The van der Waals surface area contributed by atoms with Crippen LogP contribution in [-0.4, -0.2) is 22.3 Å². The lowest BCUT2D eigenvalue weighted by Crippen LogP contribution is -2.31. The Balaban J connectivity index is 1.66. The molecule has 4 nitrogen and oxygen atoms in total. The van der Waals surface area contributed by atoms with Gasteiger partial charge < -0.3 is 9.64 Å². The first-order valence-corrected chi connectivity index (χ1v) is 10.1. The fourth-order valence-electron chi connectivity index (χ4n) is 2.81. The summed E-state index contributed by atoms with van der Waals surface area (Å²) in [6.45, 7) is 8.74. The summed E-state index contributed by atoms with van der Waals surface area (Å²) in [6.07, 6.45) is 1.62. The minimum atomic E-state index is -0.535. The second-order valence-corrected chi connectivity index (χ2v) is 7.66. The number of ether oxygens (including phenoxy) is 1. The number of thiazole rings is 1. The van der Waals surface area contributed by atoms with Crippen LogP contribution < -0.4 is 4.74 Å². The third kappa shape index (κ3) is 5.29. The van der Waals surface area contributed by atoms with Gasteiger partial charge >= 0.3 is 0 Å². The minimum absolute atomic E-state index is 0.0443. The Morgan fingerprint density at radius 3 is 2.76 bits per heavy atom. The highest BCUT2D eigenvalue weighted by atomic mass is 32.1. The second-order valence-electron chi connectivity index (χ2n) is 6.72. The molecule has 3 rings (SSSR count). The van der Waals surface area contributed by atoms with Gasteiger partial charge in [0.25, 0.3) is 5.91 Å². The summed E-state index contributed by atoms with van der Waals surface area (Å²) >= 11 is 1.47. The van der Waals surface area contributed by atoms with Gasteiger partial charge in [0.15, 0.2) is 0 Å². The van der Waals surface area contributed by atoms with Gasteiger partial charge in [0.1, 0.15) is 23.2 Å². The van der Waals surface area contributed by atoms with E-state index < -0.39 is 5.82 Å². The molecule has 150 valence electrons. The summed E-state index contributed by atoms with van der Waals surface area (Å²) in [5, 5.41) is 2.71. The predicted octanol–water partition coefficient (Wildman–Crippen LogP) is 5.31. The highest BCUT2D eigenvalue weighted by Gasteiger charge is 2.19. The van der Waals surface area contributed by atoms with Crippen molar-refractivity contribution in [1.82, 2.24) is 9.88 Å². The molecule has 0 N–H and O–H groups in total. The molecular formula is C23H23FN2O2S. The summed E-state index contributed by atoms with van der Waals surface area (Å²) in [4.78, 5) is 18.8. The van der Waals surface area contributed by atoms with Crippen LogP contribution in [-0.2, 0) is 13.2 Å². The number of halogens is 1. The summed E-state index contributed by atoms with van der Waals surface area (Å²) in [6, 6.07) is 11.9. The second kappa shape index (κ2) is 9.47. The van der Waals surface area contributed by atoms with Crippen LogP contribution in [0.4, 0.5) is 4.39 Å². The molecular weight excluding hydrogens is 387 g/mol. The summed E-state index contributed by atoms with van der Waals surface area (Å²) in [7, 11) is 0. The average Bonchev–Trinajstić information content (AvgIpc) is 3.16. The number of hydrogen-bond donors (Lipinski definition) is 0. The predicted molar refractivity (Wildman–Crippen MR) is 114 cm³/mol. The zero-order valence-electron chi connectivity index (χ0n) is 16.5. The van der Waals surface area contributed by atoms with E-state index in [1.807, 2.05) is 30.5 Å². The van der Waals surface area contributed by atoms with Crippen LogP contribution >= 0.6 is 11.3 Å². The Bertz CT molecular complexity index is 1020. The van der Waals surface area contributed by atoms with Crippen molar-refractivity contribution in [2.45, 2.75) is 27.0 Å². The van der Waals surface area contributed by atoms with E-state index >= 15 is 0 Å². The van der Waals surface area contributed by atoms with Crippen molar-refractivity contribution in [3.8, 4) is 5.75 Å². The Kier molecular flexibility index (Phi) is 6.77. The van der Waals surface area contributed by atoms with Crippen molar-refractivity contribution in [2.24, 2.45) is 0 Å². The van der Waals surface area contributed by atoms with Gasteiger partial charge in [-0.3, -0.25) is 4.79 Å². The lowest BCUT2D eigenvalue weighted by Gasteiger charge is -2.20. The molecule has 2 aromatic carbocycles. The fourth-order valence-corrected chi connectivity index (χ4v) is 3.51. The van der Waals surface area contributed by atoms with Gasteiger partial charge in [-0.2, -0.15) is 0 Å².